The van der Waals surface area contributed by atoms with Crippen molar-refractivity contribution in [3.63, 3.8) is 0 Å². The summed E-state index contributed by atoms with van der Waals surface area (Å²) in [5.41, 5.74) is 0. The van der Waals surface area contributed by atoms with Gasteiger partial charge in [0.05, 0.1) is 0 Å². The Hall–Kier alpha value is -0.120. The Kier molecular flexibility index (Phi) is 4.92. The van der Waals surface area contributed by atoms with Crippen molar-refractivity contribution in [1.82, 2.24) is 15.1 Å². The fraction of sp³-hybridized carbons (Fsp3) is 1.00. The fourth-order valence-electron chi connectivity index (χ4n) is 4.92. The first-order valence-electron chi connectivity index (χ1n) is 9.35. The lowest BCUT2D eigenvalue weighted by atomic mass is 9.89. The van der Waals surface area contributed by atoms with Gasteiger partial charge >= 0.3 is 0 Å². The first-order chi connectivity index (χ1) is 10.1. The van der Waals surface area contributed by atoms with Crippen LogP contribution >= 0.6 is 0 Å². The minimum atomic E-state index is 0.695. The third kappa shape index (κ3) is 3.02. The molecule has 3 aliphatic heterocycles. The summed E-state index contributed by atoms with van der Waals surface area (Å²) in [6.45, 7) is 14.7. The van der Waals surface area contributed by atoms with Crippen LogP contribution in [0, 0.1) is 11.8 Å². The lowest BCUT2D eigenvalue weighted by Crippen LogP contribution is -2.63. The summed E-state index contributed by atoms with van der Waals surface area (Å²) in [7, 11) is 0. The maximum Gasteiger partial charge on any atom is 0.0268 e. The van der Waals surface area contributed by atoms with Gasteiger partial charge in [-0.1, -0.05) is 34.1 Å². The van der Waals surface area contributed by atoms with Crippen molar-refractivity contribution in [1.29, 1.82) is 0 Å². The van der Waals surface area contributed by atoms with E-state index in [0.29, 0.717) is 6.04 Å². The van der Waals surface area contributed by atoms with Gasteiger partial charge in [0.15, 0.2) is 0 Å². The van der Waals surface area contributed by atoms with Crippen molar-refractivity contribution in [3.8, 4) is 0 Å². The molecule has 3 fully saturated rings. The number of nitrogens with one attached hydrogen (secondary N) is 1. The van der Waals surface area contributed by atoms with Crippen LogP contribution in [0.25, 0.3) is 0 Å². The molecule has 3 heterocycles. The normalized spacial score (nSPS) is 39.9. The van der Waals surface area contributed by atoms with E-state index < -0.39 is 0 Å². The number of piperazine rings is 1. The van der Waals surface area contributed by atoms with Crippen LogP contribution in [0.1, 0.15) is 53.4 Å². The van der Waals surface area contributed by atoms with E-state index in [1.807, 2.05) is 0 Å². The maximum atomic E-state index is 3.86. The predicted molar refractivity (Wildman–Crippen MR) is 89.6 cm³/mol. The molecule has 21 heavy (non-hydrogen) atoms. The summed E-state index contributed by atoms with van der Waals surface area (Å²) in [6, 6.07) is 3.12. The summed E-state index contributed by atoms with van der Waals surface area (Å²) in [5.74, 6) is 1.55. The van der Waals surface area contributed by atoms with Crippen LogP contribution in [0.3, 0.4) is 0 Å². The topological polar surface area (TPSA) is 18.5 Å². The van der Waals surface area contributed by atoms with Crippen LogP contribution < -0.4 is 5.32 Å². The zero-order chi connectivity index (χ0) is 15.0. The number of hydrogen-bond acceptors (Lipinski definition) is 3. The van der Waals surface area contributed by atoms with Crippen LogP contribution in [0.15, 0.2) is 0 Å². The highest BCUT2D eigenvalue weighted by Crippen LogP contribution is 2.34. The molecule has 0 aromatic carbocycles. The molecule has 0 saturated carbocycles. The summed E-state index contributed by atoms with van der Waals surface area (Å²) < 4.78 is 0. The quantitative estimate of drug-likeness (QED) is 0.859. The molecule has 0 aromatic heterocycles. The maximum absolute atomic E-state index is 3.86. The minimum absolute atomic E-state index is 0.695. The Labute approximate surface area is 131 Å². The highest BCUT2D eigenvalue weighted by molar-refractivity contribution is 5.02. The minimum Gasteiger partial charge on any atom is -0.311 e. The van der Waals surface area contributed by atoms with Crippen LogP contribution in [0.4, 0.5) is 0 Å². The second-order valence-electron chi connectivity index (χ2n) is 8.01. The molecule has 3 saturated heterocycles. The van der Waals surface area contributed by atoms with Gasteiger partial charge in [-0.2, -0.15) is 0 Å². The molecule has 0 amide bonds. The first-order valence-corrected chi connectivity index (χ1v) is 9.35. The van der Waals surface area contributed by atoms with Crippen LogP contribution in [0.2, 0.25) is 0 Å². The van der Waals surface area contributed by atoms with E-state index in [1.165, 1.54) is 51.9 Å². The van der Waals surface area contributed by atoms with E-state index in [9.17, 15) is 0 Å². The third-order valence-corrected chi connectivity index (χ3v) is 6.52. The van der Waals surface area contributed by atoms with Gasteiger partial charge < -0.3 is 5.32 Å². The van der Waals surface area contributed by atoms with Gasteiger partial charge in [-0.3, -0.25) is 9.80 Å². The standard InChI is InChI=1S/C18H35N3/c1-5-14(4)15-12-21(18(11-19-15)13(2)3)17-8-10-20-9-6-7-16(17)20/h13-19H,5-12H2,1-4H3. The van der Waals surface area contributed by atoms with Crippen LogP contribution in [-0.4, -0.2) is 60.1 Å². The van der Waals surface area contributed by atoms with Crippen molar-refractivity contribution in [3.05, 3.63) is 0 Å². The van der Waals surface area contributed by atoms with Crippen LogP contribution in [-0.2, 0) is 0 Å². The lowest BCUT2D eigenvalue weighted by Gasteiger charge is -2.48. The second-order valence-corrected chi connectivity index (χ2v) is 8.01. The number of nitrogens with zero attached hydrogens (tertiary/aromatic N) is 2. The highest BCUT2D eigenvalue weighted by Gasteiger charge is 2.44. The molecule has 0 aliphatic carbocycles. The highest BCUT2D eigenvalue weighted by atomic mass is 15.3. The Morgan fingerprint density at radius 1 is 1.10 bits per heavy atom. The molecule has 0 bridgehead atoms. The number of fused-ring (bicyclic) bond motifs is 1. The molecule has 3 nitrogen and oxygen atoms in total. The Bertz CT molecular complexity index is 343. The fourth-order valence-corrected chi connectivity index (χ4v) is 4.92. The summed E-state index contributed by atoms with van der Waals surface area (Å²) >= 11 is 0. The molecule has 122 valence electrons. The van der Waals surface area contributed by atoms with Gasteiger partial charge in [0.2, 0.25) is 0 Å². The SMILES string of the molecule is CCC(C)C1CN(C2CCN3CCCC23)C(C(C)C)CN1. The summed E-state index contributed by atoms with van der Waals surface area (Å²) in [5, 5.41) is 3.86. The second kappa shape index (κ2) is 6.55. The molecule has 3 aliphatic rings. The molecule has 5 unspecified atom stereocenters. The Balaban J connectivity index is 1.74. The smallest absolute Gasteiger partial charge is 0.0268 e. The van der Waals surface area contributed by atoms with Gasteiger partial charge in [-0.05, 0) is 37.6 Å². The van der Waals surface area contributed by atoms with Crippen molar-refractivity contribution in [2.24, 2.45) is 11.8 Å². The molecule has 0 spiro atoms. The zero-order valence-electron chi connectivity index (χ0n) is 14.5. The molecule has 1 N–H and O–H groups in total. The zero-order valence-corrected chi connectivity index (χ0v) is 14.5. The van der Waals surface area contributed by atoms with Gasteiger partial charge in [0, 0.05) is 43.8 Å². The lowest BCUT2D eigenvalue weighted by molar-refractivity contribution is 0.0324. The summed E-state index contributed by atoms with van der Waals surface area (Å²) in [6.07, 6.45) is 5.56. The molecule has 3 heteroatoms. The molecular weight excluding hydrogens is 258 g/mol. The van der Waals surface area contributed by atoms with E-state index in [4.69, 9.17) is 0 Å². The molecule has 5 atom stereocenters. The van der Waals surface area contributed by atoms with E-state index in [0.717, 1.165) is 30.0 Å². The molecular formula is C18H35N3. The summed E-state index contributed by atoms with van der Waals surface area (Å²) in [4.78, 5) is 5.69. The monoisotopic (exact) mass is 293 g/mol. The Morgan fingerprint density at radius 2 is 1.90 bits per heavy atom. The van der Waals surface area contributed by atoms with Gasteiger partial charge in [0.1, 0.15) is 0 Å². The largest absolute Gasteiger partial charge is 0.311 e. The van der Waals surface area contributed by atoms with E-state index in [1.54, 1.807) is 0 Å². The first kappa shape index (κ1) is 15.8. The van der Waals surface area contributed by atoms with Gasteiger partial charge in [-0.15, -0.1) is 0 Å². The van der Waals surface area contributed by atoms with Gasteiger partial charge in [0.25, 0.3) is 0 Å². The molecule has 3 rings (SSSR count). The van der Waals surface area contributed by atoms with E-state index in [2.05, 4.69) is 42.8 Å². The van der Waals surface area contributed by atoms with E-state index in [-0.39, 0.29) is 0 Å². The average Bonchev–Trinajstić information content (AvgIpc) is 3.08. The molecule has 0 aromatic rings. The van der Waals surface area contributed by atoms with Crippen LogP contribution in [0.5, 0.6) is 0 Å². The van der Waals surface area contributed by atoms with Crippen molar-refractivity contribution in [2.75, 3.05) is 26.2 Å². The van der Waals surface area contributed by atoms with Crippen molar-refractivity contribution < 1.29 is 0 Å². The Morgan fingerprint density at radius 3 is 2.62 bits per heavy atom. The molecule has 0 radical (unpaired) electrons. The third-order valence-electron chi connectivity index (χ3n) is 6.52. The number of rotatable bonds is 4. The predicted octanol–water partition coefficient (Wildman–Crippen LogP) is 2.57. The van der Waals surface area contributed by atoms with Crippen molar-refractivity contribution >= 4 is 0 Å². The van der Waals surface area contributed by atoms with Crippen molar-refractivity contribution in [2.45, 2.75) is 77.5 Å². The number of hydrogen-bond donors (Lipinski definition) is 1. The van der Waals surface area contributed by atoms with E-state index >= 15 is 0 Å². The van der Waals surface area contributed by atoms with Gasteiger partial charge in [-0.25, -0.2) is 0 Å². The average molecular weight is 293 g/mol.